The zero-order chi connectivity index (χ0) is 16.9. The molecule has 1 saturated heterocycles. The number of benzene rings is 1. The third-order valence-corrected chi connectivity index (χ3v) is 3.89. The minimum absolute atomic E-state index is 0.0990. The summed E-state index contributed by atoms with van der Waals surface area (Å²) in [6.45, 7) is 2.96. The highest BCUT2D eigenvalue weighted by Crippen LogP contribution is 2.32. The van der Waals surface area contributed by atoms with E-state index >= 15 is 0 Å². The summed E-state index contributed by atoms with van der Waals surface area (Å²) in [5.74, 6) is 0. The van der Waals surface area contributed by atoms with Crippen molar-refractivity contribution < 1.29 is 27.4 Å². The van der Waals surface area contributed by atoms with Crippen LogP contribution in [0.2, 0.25) is 0 Å². The topological polar surface area (TPSA) is 27.7 Å². The summed E-state index contributed by atoms with van der Waals surface area (Å²) in [7, 11) is 0. The molecule has 1 aromatic rings. The zero-order valence-corrected chi connectivity index (χ0v) is 14.5. The molecule has 1 heterocycles. The normalized spacial score (nSPS) is 20.5. The molecule has 0 amide bonds. The summed E-state index contributed by atoms with van der Waals surface area (Å²) in [6.07, 6.45) is -1.75. The smallest absolute Gasteiger partial charge is 0.374 e. The van der Waals surface area contributed by atoms with Gasteiger partial charge in [0.05, 0.1) is 24.9 Å². The van der Waals surface area contributed by atoms with Gasteiger partial charge < -0.3 is 14.2 Å². The summed E-state index contributed by atoms with van der Waals surface area (Å²) >= 11 is 3.10. The van der Waals surface area contributed by atoms with Crippen LogP contribution in [0.1, 0.15) is 37.3 Å². The standard InChI is InChI=1S/C16H20BrF3O3/c1-11(23-15-4-2-3-5-22-15)9-21-10-12-6-13(16(18,19)20)8-14(17)7-12/h6-8,11,15H,2-5,9-10H2,1H3/t11-,15?/m1/s1. The molecule has 7 heteroatoms. The van der Waals surface area contributed by atoms with Crippen LogP contribution in [0.4, 0.5) is 13.2 Å². The SMILES string of the molecule is C[C@H](COCc1cc(Br)cc(C(F)(F)F)c1)OC1CCCCO1. The van der Waals surface area contributed by atoms with Gasteiger partial charge in [0.2, 0.25) is 0 Å². The molecule has 1 aliphatic heterocycles. The lowest BCUT2D eigenvalue weighted by Gasteiger charge is -2.26. The summed E-state index contributed by atoms with van der Waals surface area (Å²) < 4.78 is 55.3. The Morgan fingerprint density at radius 1 is 1.30 bits per heavy atom. The highest BCUT2D eigenvalue weighted by molar-refractivity contribution is 9.10. The van der Waals surface area contributed by atoms with Gasteiger partial charge in [-0.25, -0.2) is 0 Å². The zero-order valence-electron chi connectivity index (χ0n) is 12.9. The molecule has 1 aliphatic rings. The van der Waals surface area contributed by atoms with Crippen molar-refractivity contribution in [1.82, 2.24) is 0 Å². The molecule has 0 saturated carbocycles. The molecule has 0 bridgehead atoms. The Balaban J connectivity index is 1.80. The predicted molar refractivity (Wildman–Crippen MR) is 82.9 cm³/mol. The second kappa shape index (κ2) is 8.46. The molecule has 0 spiro atoms. The molecule has 2 atom stereocenters. The lowest BCUT2D eigenvalue weighted by Crippen LogP contribution is -2.28. The van der Waals surface area contributed by atoms with Gasteiger partial charge in [0.25, 0.3) is 0 Å². The molecule has 2 rings (SSSR count). The number of alkyl halides is 3. The third kappa shape index (κ3) is 6.41. The molecule has 130 valence electrons. The van der Waals surface area contributed by atoms with Gasteiger partial charge in [-0.15, -0.1) is 0 Å². The maximum atomic E-state index is 12.8. The average molecular weight is 397 g/mol. The highest BCUT2D eigenvalue weighted by Gasteiger charge is 2.31. The fourth-order valence-corrected chi connectivity index (χ4v) is 2.90. The Labute approximate surface area is 142 Å². The molecular weight excluding hydrogens is 377 g/mol. The van der Waals surface area contributed by atoms with E-state index < -0.39 is 11.7 Å². The Morgan fingerprint density at radius 3 is 2.74 bits per heavy atom. The third-order valence-electron chi connectivity index (χ3n) is 3.43. The van der Waals surface area contributed by atoms with E-state index in [1.807, 2.05) is 6.92 Å². The van der Waals surface area contributed by atoms with E-state index in [4.69, 9.17) is 14.2 Å². The van der Waals surface area contributed by atoms with Crippen molar-refractivity contribution in [3.8, 4) is 0 Å². The summed E-state index contributed by atoms with van der Waals surface area (Å²) in [4.78, 5) is 0. The first kappa shape index (κ1) is 18.7. The molecule has 3 nitrogen and oxygen atoms in total. The first-order chi connectivity index (χ1) is 10.8. The fraction of sp³-hybridized carbons (Fsp3) is 0.625. The maximum Gasteiger partial charge on any atom is 0.416 e. The van der Waals surface area contributed by atoms with Crippen molar-refractivity contribution in [1.29, 1.82) is 0 Å². The quantitative estimate of drug-likeness (QED) is 0.683. The van der Waals surface area contributed by atoms with Gasteiger partial charge in [-0.05, 0) is 49.9 Å². The van der Waals surface area contributed by atoms with Crippen LogP contribution < -0.4 is 0 Å². The van der Waals surface area contributed by atoms with E-state index in [0.29, 0.717) is 23.2 Å². The van der Waals surface area contributed by atoms with Gasteiger partial charge in [-0.2, -0.15) is 13.2 Å². The van der Waals surface area contributed by atoms with E-state index in [-0.39, 0.29) is 19.0 Å². The Kier molecular flexibility index (Phi) is 6.88. The lowest BCUT2D eigenvalue weighted by atomic mass is 10.1. The number of rotatable bonds is 6. The van der Waals surface area contributed by atoms with Crippen molar-refractivity contribution in [2.24, 2.45) is 0 Å². The van der Waals surface area contributed by atoms with Crippen molar-refractivity contribution in [2.75, 3.05) is 13.2 Å². The first-order valence-electron chi connectivity index (χ1n) is 7.56. The fourth-order valence-electron chi connectivity index (χ4n) is 2.36. The van der Waals surface area contributed by atoms with Crippen LogP contribution in [-0.4, -0.2) is 25.6 Å². The molecule has 0 aliphatic carbocycles. The van der Waals surface area contributed by atoms with Crippen molar-refractivity contribution in [3.63, 3.8) is 0 Å². The van der Waals surface area contributed by atoms with Crippen LogP contribution in [-0.2, 0) is 27.0 Å². The van der Waals surface area contributed by atoms with Crippen LogP contribution >= 0.6 is 15.9 Å². The van der Waals surface area contributed by atoms with Gasteiger partial charge in [0.15, 0.2) is 6.29 Å². The molecular formula is C16H20BrF3O3. The largest absolute Gasteiger partial charge is 0.416 e. The summed E-state index contributed by atoms with van der Waals surface area (Å²) in [6, 6.07) is 3.77. The Morgan fingerprint density at radius 2 is 2.09 bits per heavy atom. The van der Waals surface area contributed by atoms with Crippen LogP contribution in [0.25, 0.3) is 0 Å². The van der Waals surface area contributed by atoms with Crippen molar-refractivity contribution in [3.05, 3.63) is 33.8 Å². The van der Waals surface area contributed by atoms with E-state index in [1.165, 1.54) is 0 Å². The van der Waals surface area contributed by atoms with E-state index in [9.17, 15) is 13.2 Å². The van der Waals surface area contributed by atoms with E-state index in [2.05, 4.69) is 15.9 Å². The van der Waals surface area contributed by atoms with Crippen LogP contribution in [0.5, 0.6) is 0 Å². The number of halogens is 4. The molecule has 0 radical (unpaired) electrons. The second-order valence-corrected chi connectivity index (χ2v) is 6.52. The Bertz CT molecular complexity index is 502. The summed E-state index contributed by atoms with van der Waals surface area (Å²) in [5.41, 5.74) is -0.224. The number of hydrogen-bond donors (Lipinski definition) is 0. The van der Waals surface area contributed by atoms with Crippen LogP contribution in [0.15, 0.2) is 22.7 Å². The van der Waals surface area contributed by atoms with E-state index in [0.717, 1.165) is 31.4 Å². The average Bonchev–Trinajstić information content (AvgIpc) is 2.47. The highest BCUT2D eigenvalue weighted by atomic mass is 79.9. The van der Waals surface area contributed by atoms with Gasteiger partial charge in [0.1, 0.15) is 0 Å². The number of ether oxygens (including phenoxy) is 3. The lowest BCUT2D eigenvalue weighted by molar-refractivity contribution is -0.194. The van der Waals surface area contributed by atoms with Gasteiger partial charge in [0, 0.05) is 11.1 Å². The molecule has 23 heavy (non-hydrogen) atoms. The van der Waals surface area contributed by atoms with Gasteiger partial charge in [-0.3, -0.25) is 0 Å². The monoisotopic (exact) mass is 396 g/mol. The molecule has 0 N–H and O–H groups in total. The van der Waals surface area contributed by atoms with E-state index in [1.54, 1.807) is 6.07 Å². The minimum atomic E-state index is -4.37. The maximum absolute atomic E-state index is 12.8. The van der Waals surface area contributed by atoms with Crippen LogP contribution in [0, 0.1) is 0 Å². The minimum Gasteiger partial charge on any atom is -0.374 e. The van der Waals surface area contributed by atoms with Gasteiger partial charge >= 0.3 is 6.18 Å². The first-order valence-corrected chi connectivity index (χ1v) is 8.35. The van der Waals surface area contributed by atoms with Crippen molar-refractivity contribution >= 4 is 15.9 Å². The molecule has 1 unspecified atom stereocenters. The molecule has 1 fully saturated rings. The summed E-state index contributed by atoms with van der Waals surface area (Å²) in [5, 5.41) is 0. The predicted octanol–water partition coefficient (Wildman–Crippen LogP) is 4.92. The molecule has 0 aromatic heterocycles. The van der Waals surface area contributed by atoms with Crippen molar-refractivity contribution in [2.45, 2.75) is 51.4 Å². The second-order valence-electron chi connectivity index (χ2n) is 5.60. The Hall–Kier alpha value is -0.630. The molecule has 1 aromatic carbocycles. The van der Waals surface area contributed by atoms with Crippen LogP contribution in [0.3, 0.4) is 0 Å². The van der Waals surface area contributed by atoms with Gasteiger partial charge in [-0.1, -0.05) is 15.9 Å². The number of hydrogen-bond acceptors (Lipinski definition) is 3.